The lowest BCUT2D eigenvalue weighted by atomic mass is 9.76. The highest BCUT2D eigenvalue weighted by molar-refractivity contribution is 6.31. The summed E-state index contributed by atoms with van der Waals surface area (Å²) in [5.41, 5.74) is 1.27. The zero-order valence-corrected chi connectivity index (χ0v) is 10.7. The average Bonchev–Trinajstić information content (AvgIpc) is 2.16. The van der Waals surface area contributed by atoms with Crippen LogP contribution in [0.3, 0.4) is 0 Å². The van der Waals surface area contributed by atoms with Crippen LogP contribution in [0.5, 0.6) is 0 Å². The Balaban J connectivity index is 2.16. The van der Waals surface area contributed by atoms with Crippen molar-refractivity contribution < 1.29 is 5.11 Å². The second-order valence-electron chi connectivity index (χ2n) is 5.24. The first-order valence-corrected chi connectivity index (χ1v) is 6.36. The summed E-state index contributed by atoms with van der Waals surface area (Å²) in [5, 5.41) is 11.2. The van der Waals surface area contributed by atoms with Gasteiger partial charge in [-0.2, -0.15) is 0 Å². The number of aliphatic hydroxyl groups is 1. The topological polar surface area (TPSA) is 20.2 Å². The smallest absolute Gasteiger partial charge is 0.0871 e. The molecule has 1 atom stereocenters. The molecule has 1 nitrogen and oxygen atoms in total. The number of aryl methyl sites for hydroxylation is 1. The van der Waals surface area contributed by atoms with Gasteiger partial charge in [-0.05, 0) is 43.4 Å². The number of halogens is 1. The molecule has 1 fully saturated rings. The Bertz CT molecular complexity index is 380. The second kappa shape index (κ2) is 4.38. The van der Waals surface area contributed by atoms with E-state index in [1.54, 1.807) is 0 Å². The molecule has 88 valence electrons. The Morgan fingerprint density at radius 1 is 1.44 bits per heavy atom. The monoisotopic (exact) mass is 238 g/mol. The Morgan fingerprint density at radius 3 is 2.62 bits per heavy atom. The molecule has 1 N–H and O–H groups in total. The summed E-state index contributed by atoms with van der Waals surface area (Å²) in [6.07, 6.45) is 4.69. The minimum absolute atomic E-state index is 0.690. The Morgan fingerprint density at radius 2 is 2.12 bits per heavy atom. The van der Waals surface area contributed by atoms with Gasteiger partial charge in [-0.3, -0.25) is 0 Å². The maximum absolute atomic E-state index is 10.5. The summed E-state index contributed by atoms with van der Waals surface area (Å²) >= 11 is 6.09. The maximum atomic E-state index is 10.5. The second-order valence-corrected chi connectivity index (χ2v) is 5.65. The van der Waals surface area contributed by atoms with E-state index in [1.807, 2.05) is 32.0 Å². The van der Waals surface area contributed by atoms with E-state index in [-0.39, 0.29) is 0 Å². The predicted molar refractivity (Wildman–Crippen MR) is 67.7 cm³/mol. The zero-order valence-electron chi connectivity index (χ0n) is 9.96. The largest absolute Gasteiger partial charge is 0.385 e. The lowest BCUT2D eigenvalue weighted by molar-refractivity contribution is 0.0161. The first-order chi connectivity index (χ1) is 7.49. The van der Waals surface area contributed by atoms with E-state index in [9.17, 15) is 5.11 Å². The summed E-state index contributed by atoms with van der Waals surface area (Å²) in [6, 6.07) is 5.86. The molecule has 0 radical (unpaired) electrons. The fourth-order valence-corrected chi connectivity index (χ4v) is 2.49. The number of rotatable bonds is 3. The number of hydrogen-bond acceptors (Lipinski definition) is 1. The standard InChI is InChI=1S/C14H19ClO/c1-10-6-7-12(8-13(10)15)14(2,16)9-11-4-3-5-11/h6-8,11,16H,3-5,9H2,1-2H3. The molecule has 1 saturated carbocycles. The van der Waals surface area contributed by atoms with E-state index in [0.717, 1.165) is 22.6 Å². The van der Waals surface area contributed by atoms with Gasteiger partial charge in [0.2, 0.25) is 0 Å². The molecule has 16 heavy (non-hydrogen) atoms. The highest BCUT2D eigenvalue weighted by atomic mass is 35.5. The van der Waals surface area contributed by atoms with E-state index in [1.165, 1.54) is 19.3 Å². The third-order valence-electron chi connectivity index (χ3n) is 3.70. The van der Waals surface area contributed by atoms with Crippen LogP contribution in [0.1, 0.15) is 43.7 Å². The van der Waals surface area contributed by atoms with Gasteiger partial charge in [0.15, 0.2) is 0 Å². The average molecular weight is 239 g/mol. The van der Waals surface area contributed by atoms with Gasteiger partial charge in [-0.1, -0.05) is 43.0 Å². The van der Waals surface area contributed by atoms with Crippen LogP contribution in [-0.4, -0.2) is 5.11 Å². The molecular weight excluding hydrogens is 220 g/mol. The van der Waals surface area contributed by atoms with E-state index in [0.29, 0.717) is 5.92 Å². The van der Waals surface area contributed by atoms with Gasteiger partial charge in [-0.25, -0.2) is 0 Å². The molecule has 0 aliphatic heterocycles. The van der Waals surface area contributed by atoms with Gasteiger partial charge in [-0.15, -0.1) is 0 Å². The molecule has 0 bridgehead atoms. The molecule has 0 spiro atoms. The molecule has 2 rings (SSSR count). The van der Waals surface area contributed by atoms with Crippen molar-refractivity contribution in [3.63, 3.8) is 0 Å². The molecule has 0 amide bonds. The lowest BCUT2D eigenvalue weighted by Gasteiger charge is -2.33. The Labute approximate surface area is 102 Å². The van der Waals surface area contributed by atoms with Crippen molar-refractivity contribution in [2.75, 3.05) is 0 Å². The van der Waals surface area contributed by atoms with E-state index < -0.39 is 5.60 Å². The molecular formula is C14H19ClO. The highest BCUT2D eigenvalue weighted by Crippen LogP contribution is 2.38. The minimum atomic E-state index is -0.734. The summed E-state index contributed by atoms with van der Waals surface area (Å²) in [7, 11) is 0. The van der Waals surface area contributed by atoms with Crippen LogP contribution < -0.4 is 0 Å². The minimum Gasteiger partial charge on any atom is -0.385 e. The van der Waals surface area contributed by atoms with Crippen molar-refractivity contribution in [1.82, 2.24) is 0 Å². The van der Waals surface area contributed by atoms with E-state index in [4.69, 9.17) is 11.6 Å². The summed E-state index contributed by atoms with van der Waals surface area (Å²) < 4.78 is 0. The molecule has 2 heteroatoms. The van der Waals surface area contributed by atoms with Crippen LogP contribution in [0.2, 0.25) is 5.02 Å². The normalized spacial score (nSPS) is 20.2. The Hall–Kier alpha value is -0.530. The van der Waals surface area contributed by atoms with Crippen LogP contribution in [0, 0.1) is 12.8 Å². The summed E-state index contributed by atoms with van der Waals surface area (Å²) in [5.74, 6) is 0.690. The van der Waals surface area contributed by atoms with E-state index in [2.05, 4.69) is 0 Å². The molecule has 0 aromatic heterocycles. The first-order valence-electron chi connectivity index (χ1n) is 5.98. The fraction of sp³-hybridized carbons (Fsp3) is 0.571. The van der Waals surface area contributed by atoms with Crippen molar-refractivity contribution in [1.29, 1.82) is 0 Å². The van der Waals surface area contributed by atoms with Crippen LogP contribution in [-0.2, 0) is 5.60 Å². The Kier molecular flexibility index (Phi) is 3.27. The van der Waals surface area contributed by atoms with Crippen molar-refractivity contribution in [3.05, 3.63) is 34.3 Å². The van der Waals surface area contributed by atoms with Crippen molar-refractivity contribution in [3.8, 4) is 0 Å². The number of benzene rings is 1. The van der Waals surface area contributed by atoms with Gasteiger partial charge in [0.05, 0.1) is 5.60 Å². The lowest BCUT2D eigenvalue weighted by Crippen LogP contribution is -2.28. The van der Waals surface area contributed by atoms with Crippen LogP contribution in [0.25, 0.3) is 0 Å². The molecule has 1 aliphatic carbocycles. The van der Waals surface area contributed by atoms with Gasteiger partial charge in [0, 0.05) is 5.02 Å². The first kappa shape index (κ1) is 11.9. The molecule has 1 aromatic rings. The van der Waals surface area contributed by atoms with Crippen LogP contribution in [0.15, 0.2) is 18.2 Å². The van der Waals surface area contributed by atoms with Crippen LogP contribution in [0.4, 0.5) is 0 Å². The van der Waals surface area contributed by atoms with E-state index >= 15 is 0 Å². The quantitative estimate of drug-likeness (QED) is 0.843. The van der Waals surface area contributed by atoms with Gasteiger partial charge in [0.1, 0.15) is 0 Å². The fourth-order valence-electron chi connectivity index (χ4n) is 2.30. The van der Waals surface area contributed by atoms with Crippen LogP contribution >= 0.6 is 11.6 Å². The summed E-state index contributed by atoms with van der Waals surface area (Å²) in [4.78, 5) is 0. The molecule has 0 heterocycles. The third-order valence-corrected chi connectivity index (χ3v) is 4.11. The predicted octanol–water partition coefficient (Wildman–Crippen LogP) is 4.05. The third kappa shape index (κ3) is 2.41. The van der Waals surface area contributed by atoms with Crippen molar-refractivity contribution in [2.24, 2.45) is 5.92 Å². The maximum Gasteiger partial charge on any atom is 0.0871 e. The molecule has 1 unspecified atom stereocenters. The van der Waals surface area contributed by atoms with Crippen molar-refractivity contribution in [2.45, 2.75) is 45.1 Å². The summed E-state index contributed by atoms with van der Waals surface area (Å²) in [6.45, 7) is 3.87. The molecule has 1 aliphatic rings. The molecule has 1 aromatic carbocycles. The SMILES string of the molecule is Cc1ccc(C(C)(O)CC2CCC2)cc1Cl. The van der Waals surface area contributed by atoms with Gasteiger partial charge in [0.25, 0.3) is 0 Å². The zero-order chi connectivity index (χ0) is 11.8. The number of hydrogen-bond donors (Lipinski definition) is 1. The van der Waals surface area contributed by atoms with Crippen molar-refractivity contribution >= 4 is 11.6 Å². The molecule has 0 saturated heterocycles. The van der Waals surface area contributed by atoms with Gasteiger partial charge < -0.3 is 5.11 Å². The highest BCUT2D eigenvalue weighted by Gasteiger charge is 2.30. The van der Waals surface area contributed by atoms with Gasteiger partial charge >= 0.3 is 0 Å².